The van der Waals surface area contributed by atoms with Gasteiger partial charge in [-0.2, -0.15) is 0 Å². The summed E-state index contributed by atoms with van der Waals surface area (Å²) in [5.74, 6) is -5.86. The summed E-state index contributed by atoms with van der Waals surface area (Å²) >= 11 is 0. The molecule has 4 aliphatic rings. The molecule has 7 nitrogen and oxygen atoms in total. The molecule has 1 aliphatic heterocycles. The first kappa shape index (κ1) is 24.4. The largest absolute Gasteiger partial charge is 0.481 e. The molecule has 2 aromatic carbocycles. The number of carbonyl (C=O) groups is 5. The van der Waals surface area contributed by atoms with Crippen molar-refractivity contribution < 1.29 is 33.5 Å². The molecule has 6 rings (SSSR count). The number of likely N-dealkylation sites (tertiary alicyclic amines) is 1. The number of carbonyl (C=O) groups excluding carboxylic acids is 4. The summed E-state index contributed by atoms with van der Waals surface area (Å²) in [5.41, 5.74) is 1.07. The van der Waals surface area contributed by atoms with Crippen molar-refractivity contribution in [2.75, 3.05) is 6.54 Å². The number of hydrogen-bond donors (Lipinski definition) is 1. The third-order valence-electron chi connectivity index (χ3n) is 9.08. The van der Waals surface area contributed by atoms with E-state index in [0.717, 1.165) is 10.5 Å². The molecule has 0 radical (unpaired) electrons. The molecule has 2 fully saturated rings. The van der Waals surface area contributed by atoms with Crippen LogP contribution >= 0.6 is 0 Å². The highest BCUT2D eigenvalue weighted by Crippen LogP contribution is 2.62. The Bertz CT molecular complexity index is 1440. The number of carboxylic acids is 1. The Balaban J connectivity index is 1.50. The first-order chi connectivity index (χ1) is 18.1. The predicted molar refractivity (Wildman–Crippen MR) is 133 cm³/mol. The van der Waals surface area contributed by atoms with Crippen LogP contribution < -0.4 is 0 Å². The molecule has 0 aromatic heterocycles. The van der Waals surface area contributed by atoms with E-state index in [2.05, 4.69) is 0 Å². The predicted octanol–water partition coefficient (Wildman–Crippen LogP) is 4.04. The molecule has 0 spiro atoms. The van der Waals surface area contributed by atoms with Gasteiger partial charge in [-0.05, 0) is 36.5 Å². The van der Waals surface area contributed by atoms with Gasteiger partial charge in [0.15, 0.2) is 11.6 Å². The SMILES string of the molecule is C[C@@]12C[C@@H]3C(=CC[C@@H]4C(=O)N(CCC(=O)O)C(=O)[C@@H]43)[C@H](c3ccc(F)cc3)[C@@H]1C(=O)c1ccccc1C2=O. The van der Waals surface area contributed by atoms with Gasteiger partial charge in [-0.3, -0.25) is 28.9 Å². The van der Waals surface area contributed by atoms with Crippen molar-refractivity contribution in [2.24, 2.45) is 29.1 Å². The zero-order valence-electron chi connectivity index (χ0n) is 20.7. The van der Waals surface area contributed by atoms with Crippen LogP contribution in [-0.4, -0.2) is 45.9 Å². The van der Waals surface area contributed by atoms with Crippen LogP contribution in [0, 0.1) is 34.9 Å². The molecule has 1 saturated carbocycles. The Morgan fingerprint density at radius 3 is 2.37 bits per heavy atom. The van der Waals surface area contributed by atoms with E-state index in [0.29, 0.717) is 16.7 Å². The number of nitrogens with zero attached hydrogens (tertiary/aromatic N) is 1. The highest BCUT2D eigenvalue weighted by Gasteiger charge is 2.63. The van der Waals surface area contributed by atoms with Crippen LogP contribution in [0.25, 0.3) is 0 Å². The normalized spacial score (nSPS) is 31.8. The zero-order valence-corrected chi connectivity index (χ0v) is 20.7. The first-order valence-corrected chi connectivity index (χ1v) is 12.8. The maximum absolute atomic E-state index is 14.0. The summed E-state index contributed by atoms with van der Waals surface area (Å²) in [4.78, 5) is 67.1. The lowest BCUT2D eigenvalue weighted by Crippen LogP contribution is -2.55. The molecule has 2 aromatic rings. The van der Waals surface area contributed by atoms with Crippen LogP contribution in [-0.2, 0) is 14.4 Å². The standard InChI is InChI=1S/C30H26FNO6/c1-30-14-21-17(10-11-20-24(21)29(38)32(28(20)37)13-12-22(33)34)23(15-6-8-16(31)9-7-15)25(30)26(35)18-4-2-3-5-19(18)27(30)36/h2-10,20-21,23-25H,11-14H2,1H3,(H,33,34)/t20-,21+,23-,24-,25+,30+/m0/s1. The van der Waals surface area contributed by atoms with E-state index in [4.69, 9.17) is 5.11 Å². The van der Waals surface area contributed by atoms with Crippen molar-refractivity contribution in [2.45, 2.75) is 32.1 Å². The quantitative estimate of drug-likeness (QED) is 0.486. The van der Waals surface area contributed by atoms with E-state index < -0.39 is 58.6 Å². The monoisotopic (exact) mass is 515 g/mol. The molecule has 2 amide bonds. The third kappa shape index (κ3) is 3.35. The van der Waals surface area contributed by atoms with E-state index >= 15 is 0 Å². The average molecular weight is 516 g/mol. The minimum absolute atomic E-state index is 0.157. The second-order valence-corrected chi connectivity index (χ2v) is 11.0. The summed E-state index contributed by atoms with van der Waals surface area (Å²) in [6, 6.07) is 12.6. The van der Waals surface area contributed by atoms with Crippen LogP contribution in [0.1, 0.15) is 58.4 Å². The van der Waals surface area contributed by atoms with Gasteiger partial charge >= 0.3 is 5.97 Å². The second-order valence-electron chi connectivity index (χ2n) is 11.0. The lowest BCUT2D eigenvalue weighted by Gasteiger charge is -2.53. The molecule has 0 bridgehead atoms. The third-order valence-corrected chi connectivity index (χ3v) is 9.08. The maximum atomic E-state index is 14.0. The van der Waals surface area contributed by atoms with Crippen LogP contribution in [0.3, 0.4) is 0 Å². The van der Waals surface area contributed by atoms with E-state index in [9.17, 15) is 28.4 Å². The molecule has 6 atom stereocenters. The van der Waals surface area contributed by atoms with Gasteiger partial charge in [0.2, 0.25) is 11.8 Å². The molecular weight excluding hydrogens is 489 g/mol. The fourth-order valence-electron chi connectivity index (χ4n) is 7.41. The van der Waals surface area contributed by atoms with E-state index in [1.165, 1.54) is 12.1 Å². The molecule has 1 heterocycles. The highest BCUT2D eigenvalue weighted by molar-refractivity contribution is 6.18. The number of carboxylic acid groups (broad SMARTS) is 1. The minimum Gasteiger partial charge on any atom is -0.481 e. The van der Waals surface area contributed by atoms with Gasteiger partial charge < -0.3 is 5.11 Å². The van der Waals surface area contributed by atoms with E-state index in [-0.39, 0.29) is 37.4 Å². The molecule has 1 saturated heterocycles. The molecular formula is C30H26FNO6. The number of hydrogen-bond acceptors (Lipinski definition) is 5. The highest BCUT2D eigenvalue weighted by atomic mass is 19.1. The number of imide groups is 1. The number of fused-ring (bicyclic) bond motifs is 5. The van der Waals surface area contributed by atoms with Crippen molar-refractivity contribution in [3.8, 4) is 0 Å². The van der Waals surface area contributed by atoms with Crippen molar-refractivity contribution in [3.05, 3.63) is 82.7 Å². The summed E-state index contributed by atoms with van der Waals surface area (Å²) in [7, 11) is 0. The molecule has 3 aliphatic carbocycles. The van der Waals surface area contributed by atoms with Gasteiger partial charge in [-0.15, -0.1) is 0 Å². The van der Waals surface area contributed by atoms with Crippen molar-refractivity contribution in [1.29, 1.82) is 0 Å². The molecule has 38 heavy (non-hydrogen) atoms. The molecule has 194 valence electrons. The van der Waals surface area contributed by atoms with E-state index in [1.807, 2.05) is 6.08 Å². The number of ketones is 2. The summed E-state index contributed by atoms with van der Waals surface area (Å²) < 4.78 is 13.9. The Hall–Kier alpha value is -3.94. The average Bonchev–Trinajstić information content (AvgIpc) is 3.15. The number of allylic oxidation sites excluding steroid dienone is 2. The topological polar surface area (TPSA) is 109 Å². The van der Waals surface area contributed by atoms with Crippen LogP contribution in [0.4, 0.5) is 4.39 Å². The van der Waals surface area contributed by atoms with Crippen molar-refractivity contribution >= 4 is 29.4 Å². The Labute approximate surface area is 218 Å². The number of rotatable bonds is 4. The lowest BCUT2D eigenvalue weighted by atomic mass is 9.47. The van der Waals surface area contributed by atoms with Gasteiger partial charge in [-0.25, -0.2) is 4.39 Å². The summed E-state index contributed by atoms with van der Waals surface area (Å²) in [6.45, 7) is 1.57. The number of aliphatic carboxylic acids is 1. The molecule has 0 unspecified atom stereocenters. The molecule has 1 N–H and O–H groups in total. The Kier molecular flexibility index (Phi) is 5.49. The van der Waals surface area contributed by atoms with Gasteiger partial charge in [-0.1, -0.05) is 55.0 Å². The van der Waals surface area contributed by atoms with Crippen LogP contribution in [0.5, 0.6) is 0 Å². The first-order valence-electron chi connectivity index (χ1n) is 12.8. The van der Waals surface area contributed by atoms with Gasteiger partial charge in [0.05, 0.1) is 18.3 Å². The number of halogens is 1. The fraction of sp³-hybridized carbons (Fsp3) is 0.367. The fourth-order valence-corrected chi connectivity index (χ4v) is 7.41. The Morgan fingerprint density at radius 1 is 1.00 bits per heavy atom. The molecule has 8 heteroatoms. The summed E-state index contributed by atoms with van der Waals surface area (Å²) in [6.07, 6.45) is 2.07. The van der Waals surface area contributed by atoms with Gasteiger partial charge in [0.25, 0.3) is 0 Å². The number of amides is 2. The lowest BCUT2D eigenvalue weighted by molar-refractivity contribution is -0.142. The smallest absolute Gasteiger partial charge is 0.305 e. The number of Topliss-reactive ketones (excluding diaryl/α,β-unsaturated/α-hetero) is 2. The van der Waals surface area contributed by atoms with E-state index in [1.54, 1.807) is 43.3 Å². The number of benzene rings is 2. The second kappa shape index (κ2) is 8.55. The minimum atomic E-state index is -1.15. The van der Waals surface area contributed by atoms with Crippen molar-refractivity contribution in [1.82, 2.24) is 4.90 Å². The van der Waals surface area contributed by atoms with Gasteiger partial charge in [0.1, 0.15) is 5.82 Å². The van der Waals surface area contributed by atoms with Gasteiger partial charge in [0, 0.05) is 34.9 Å². The van der Waals surface area contributed by atoms with Crippen molar-refractivity contribution in [3.63, 3.8) is 0 Å². The Morgan fingerprint density at radius 2 is 1.68 bits per heavy atom. The van der Waals surface area contributed by atoms with Crippen LogP contribution in [0.15, 0.2) is 60.2 Å². The summed E-state index contributed by atoms with van der Waals surface area (Å²) in [5, 5.41) is 9.11. The maximum Gasteiger partial charge on any atom is 0.305 e. The zero-order chi connectivity index (χ0) is 26.9. The van der Waals surface area contributed by atoms with Crippen LogP contribution in [0.2, 0.25) is 0 Å².